The average Bonchev–Trinajstić information content (AvgIpc) is 2.86. The lowest BCUT2D eigenvalue weighted by Gasteiger charge is -2.23. The van der Waals surface area contributed by atoms with E-state index >= 15 is 0 Å². The zero-order chi connectivity index (χ0) is 19.3. The summed E-state index contributed by atoms with van der Waals surface area (Å²) in [6.45, 7) is 0. The summed E-state index contributed by atoms with van der Waals surface area (Å²) < 4.78 is 39.8. The van der Waals surface area contributed by atoms with E-state index in [-0.39, 0.29) is 6.04 Å². The molecule has 0 spiro atoms. The third-order valence-corrected chi connectivity index (χ3v) is 4.17. The Morgan fingerprint density at radius 3 is 1.85 bits per heavy atom. The molecule has 0 aliphatic carbocycles. The van der Waals surface area contributed by atoms with Crippen molar-refractivity contribution < 1.29 is 38.6 Å². The Labute approximate surface area is 154 Å². The number of likely N-dealkylation sites (N-methyl/N-ethyl adjacent to an activating group) is 1. The Balaban J connectivity index is 0.000000431. The normalized spacial score (nSPS) is 20.6. The summed E-state index contributed by atoms with van der Waals surface area (Å²) in [4.78, 5) is 0. The number of hydrogen-bond acceptors (Lipinski definition) is 6. The first-order valence-electron chi connectivity index (χ1n) is 7.81. The van der Waals surface area contributed by atoms with Gasteiger partial charge in [0.15, 0.2) is 11.5 Å². The lowest BCUT2D eigenvalue weighted by atomic mass is 10.0. The minimum absolute atomic E-state index is 0.145. The summed E-state index contributed by atoms with van der Waals surface area (Å²) in [5, 5.41) is 3.53. The van der Waals surface area contributed by atoms with Crippen molar-refractivity contribution in [3.63, 3.8) is 0 Å². The first-order valence-corrected chi connectivity index (χ1v) is 9.04. The molecule has 0 fully saturated rings. The minimum Gasteiger partial charge on any atom is -0.493 e. The predicted molar refractivity (Wildman–Crippen MR) is 84.2 cm³/mol. The molecule has 0 saturated heterocycles. The molecule has 7 nitrogen and oxygen atoms in total. The molecule has 2 aromatic carbocycles. The van der Waals surface area contributed by atoms with Crippen molar-refractivity contribution >= 4 is 5.70 Å². The topological polar surface area (TPSA) is 109 Å². The molecular weight excluding hydrogens is 360 g/mol. The van der Waals surface area contributed by atoms with Crippen LogP contribution < -0.4 is 23.6 Å². The maximum absolute atomic E-state index is 8.49. The summed E-state index contributed by atoms with van der Waals surface area (Å²) in [5.74, 6) is 1.02. The number of benzene rings is 2. The van der Waals surface area contributed by atoms with Crippen molar-refractivity contribution in [3.05, 3.63) is 77.5 Å². The molecular formula is C18H21ClN2O5. The number of rotatable bonds is 3. The van der Waals surface area contributed by atoms with E-state index in [1.54, 1.807) is 7.11 Å². The van der Waals surface area contributed by atoms with E-state index in [1.807, 2.05) is 12.1 Å². The van der Waals surface area contributed by atoms with Gasteiger partial charge in [-0.2, -0.15) is 0 Å². The molecule has 3 rings (SSSR count). The van der Waals surface area contributed by atoms with Crippen LogP contribution in [0.3, 0.4) is 0 Å². The second-order valence-electron chi connectivity index (χ2n) is 5.70. The van der Waals surface area contributed by atoms with Gasteiger partial charge in [-0.15, -0.1) is 15.3 Å². The van der Waals surface area contributed by atoms with Crippen LogP contribution in [0.15, 0.2) is 66.4 Å². The molecule has 8 heteroatoms. The monoisotopic (exact) mass is 380 g/mol. The predicted octanol–water partition coefficient (Wildman–Crippen LogP) is -2.64. The maximum Gasteiger partial charge on any atom is 0.198 e. The largest absolute Gasteiger partial charge is 0.493 e. The SMILES string of the molecule is COC1=C(c2ccccc2)[NH+](C)N(C)C1c1ccccc1.[O-][Cl+3]([O-])([O-])[O-]. The van der Waals surface area contributed by atoms with Crippen molar-refractivity contribution in [2.75, 3.05) is 21.2 Å². The molecule has 1 aliphatic rings. The van der Waals surface area contributed by atoms with E-state index in [9.17, 15) is 0 Å². The van der Waals surface area contributed by atoms with Gasteiger partial charge >= 0.3 is 0 Å². The minimum atomic E-state index is -4.94. The molecule has 0 radical (unpaired) electrons. The van der Waals surface area contributed by atoms with Crippen LogP contribution in [0.1, 0.15) is 17.2 Å². The van der Waals surface area contributed by atoms with Crippen LogP contribution in [0, 0.1) is 10.2 Å². The zero-order valence-electron chi connectivity index (χ0n) is 14.7. The summed E-state index contributed by atoms with van der Waals surface area (Å²) in [6.07, 6.45) is 0. The zero-order valence-corrected chi connectivity index (χ0v) is 15.5. The molecule has 1 heterocycles. The highest BCUT2D eigenvalue weighted by atomic mass is 35.7. The second-order valence-corrected chi connectivity index (χ2v) is 6.45. The van der Waals surface area contributed by atoms with Crippen LogP contribution in [-0.4, -0.2) is 26.2 Å². The number of quaternary nitrogens is 1. The number of ether oxygens (including phenoxy) is 1. The Hall–Kier alpha value is -1.97. The fraction of sp³-hybridized carbons (Fsp3) is 0.222. The van der Waals surface area contributed by atoms with Gasteiger partial charge in [0.1, 0.15) is 6.04 Å². The summed E-state index contributed by atoms with van der Waals surface area (Å²) >= 11 is 0. The van der Waals surface area contributed by atoms with Crippen LogP contribution >= 0.6 is 0 Å². The lowest BCUT2D eigenvalue weighted by molar-refractivity contribution is -2.00. The van der Waals surface area contributed by atoms with Crippen LogP contribution in [-0.2, 0) is 4.74 Å². The fourth-order valence-corrected chi connectivity index (χ4v) is 3.04. The van der Waals surface area contributed by atoms with Crippen LogP contribution in [0.5, 0.6) is 0 Å². The van der Waals surface area contributed by atoms with E-state index in [0.29, 0.717) is 0 Å². The van der Waals surface area contributed by atoms with E-state index in [2.05, 4.69) is 67.6 Å². The van der Waals surface area contributed by atoms with E-state index in [1.165, 1.54) is 21.8 Å². The van der Waals surface area contributed by atoms with Crippen LogP contribution in [0.25, 0.3) is 5.70 Å². The van der Waals surface area contributed by atoms with Gasteiger partial charge < -0.3 is 4.74 Å². The third kappa shape index (κ3) is 5.03. The number of hydrogen-bond donors (Lipinski definition) is 1. The lowest BCUT2D eigenvalue weighted by Crippen LogP contribution is -3.11. The second kappa shape index (κ2) is 8.61. The van der Waals surface area contributed by atoms with Crippen molar-refractivity contribution in [2.45, 2.75) is 6.04 Å². The summed E-state index contributed by atoms with van der Waals surface area (Å²) in [7, 11) is 1.10. The summed E-state index contributed by atoms with van der Waals surface area (Å²) in [6, 6.07) is 21.1. The number of methoxy groups -OCH3 is 1. The number of nitrogens with one attached hydrogen (secondary N) is 1. The molecule has 0 aromatic heterocycles. The van der Waals surface area contributed by atoms with Crippen molar-refractivity contribution in [1.82, 2.24) is 5.01 Å². The first kappa shape index (κ1) is 20.3. The Morgan fingerprint density at radius 2 is 1.38 bits per heavy atom. The van der Waals surface area contributed by atoms with Crippen molar-refractivity contribution in [2.24, 2.45) is 0 Å². The van der Waals surface area contributed by atoms with Gasteiger partial charge in [0, 0.05) is 12.6 Å². The van der Waals surface area contributed by atoms with Crippen LogP contribution in [0.2, 0.25) is 0 Å². The highest BCUT2D eigenvalue weighted by Gasteiger charge is 2.42. The van der Waals surface area contributed by atoms with Crippen LogP contribution in [0.4, 0.5) is 0 Å². The average molecular weight is 381 g/mol. The van der Waals surface area contributed by atoms with Gasteiger partial charge in [0.05, 0.1) is 14.2 Å². The van der Waals surface area contributed by atoms with E-state index in [0.717, 1.165) is 5.76 Å². The highest BCUT2D eigenvalue weighted by Crippen LogP contribution is 2.34. The molecule has 0 saturated carbocycles. The first-order chi connectivity index (χ1) is 12.2. The standard InChI is InChI=1S/C18H20N2O.ClHO4/c1-19-16(14-10-6-4-7-11-14)18(21-3)17(20(19)2)15-12-8-5-9-13-15;2-1(3,4)5/h4-13,16H,1-3H3;(H,2,3,4,5). The molecule has 2 atom stereocenters. The van der Waals surface area contributed by atoms with Crippen molar-refractivity contribution in [1.29, 1.82) is 0 Å². The molecule has 1 aliphatic heterocycles. The molecule has 1 N–H and O–H groups in total. The summed E-state index contributed by atoms with van der Waals surface area (Å²) in [5.41, 5.74) is 3.66. The van der Waals surface area contributed by atoms with E-state index < -0.39 is 10.2 Å². The van der Waals surface area contributed by atoms with Gasteiger partial charge in [-0.3, -0.25) is 0 Å². The maximum atomic E-state index is 8.49. The number of nitrogens with zero attached hydrogens (tertiary/aromatic N) is 1. The molecule has 0 bridgehead atoms. The quantitative estimate of drug-likeness (QED) is 0.623. The Bertz CT molecular complexity index is 728. The smallest absolute Gasteiger partial charge is 0.198 e. The number of halogens is 1. The van der Waals surface area contributed by atoms with Gasteiger partial charge in [-0.1, -0.05) is 48.5 Å². The van der Waals surface area contributed by atoms with Gasteiger partial charge in [-0.05, 0) is 17.7 Å². The molecule has 26 heavy (non-hydrogen) atoms. The Kier molecular flexibility index (Phi) is 6.74. The fourth-order valence-electron chi connectivity index (χ4n) is 3.04. The van der Waals surface area contributed by atoms with Gasteiger partial charge in [-0.25, -0.2) is 23.6 Å². The molecule has 2 unspecified atom stereocenters. The van der Waals surface area contributed by atoms with Gasteiger partial charge in [0.25, 0.3) is 0 Å². The van der Waals surface area contributed by atoms with E-state index in [4.69, 9.17) is 23.4 Å². The van der Waals surface area contributed by atoms with Crippen molar-refractivity contribution in [3.8, 4) is 0 Å². The molecule has 0 amide bonds. The Morgan fingerprint density at radius 1 is 0.923 bits per heavy atom. The molecule has 2 aromatic rings. The third-order valence-electron chi connectivity index (χ3n) is 4.17. The van der Waals surface area contributed by atoms with Gasteiger partial charge in [0.2, 0.25) is 0 Å². The molecule has 140 valence electrons. The highest BCUT2D eigenvalue weighted by molar-refractivity contribution is 5.63.